The summed E-state index contributed by atoms with van der Waals surface area (Å²) in [6.07, 6.45) is -22.2. The van der Waals surface area contributed by atoms with E-state index in [4.69, 9.17) is 37.6 Å². The van der Waals surface area contributed by atoms with E-state index in [9.17, 15) is 65.8 Å². The second-order valence-electron chi connectivity index (χ2n) is 14.8. The van der Waals surface area contributed by atoms with Crippen LogP contribution in [0.2, 0.25) is 0 Å². The molecule has 4 aromatic rings. The Morgan fingerprint density at radius 1 is 0.742 bits per heavy atom. The zero-order chi connectivity index (χ0) is 44.6. The summed E-state index contributed by atoms with van der Waals surface area (Å²) in [5.41, 5.74) is -0.846. The molecule has 3 aliphatic rings. The second-order valence-corrected chi connectivity index (χ2v) is 14.8. The Labute approximate surface area is 349 Å². The van der Waals surface area contributed by atoms with Crippen molar-refractivity contribution in [3.8, 4) is 40.1 Å². The lowest BCUT2D eigenvalue weighted by molar-refractivity contribution is -0.348. The summed E-state index contributed by atoms with van der Waals surface area (Å²) >= 11 is 0. The monoisotopic (exact) mass is 872 g/mol. The van der Waals surface area contributed by atoms with Gasteiger partial charge in [0.1, 0.15) is 88.9 Å². The van der Waals surface area contributed by atoms with Crippen LogP contribution in [0.4, 0.5) is 0 Å². The Bertz CT molecular complexity index is 2280. The van der Waals surface area contributed by atoms with Crippen molar-refractivity contribution < 1.29 is 98.5 Å². The van der Waals surface area contributed by atoms with E-state index in [1.807, 2.05) is 0 Å². The lowest BCUT2D eigenvalue weighted by atomic mass is 9.97. The van der Waals surface area contributed by atoms with Crippen molar-refractivity contribution in [2.24, 2.45) is 0 Å². The van der Waals surface area contributed by atoms with Crippen molar-refractivity contribution in [2.75, 3.05) is 13.2 Å². The molecule has 14 atom stereocenters. The number of aliphatic hydroxyl groups is 7. The summed E-state index contributed by atoms with van der Waals surface area (Å²) in [6.45, 7) is 0.0861. The van der Waals surface area contributed by atoms with Crippen LogP contribution in [0.15, 0.2) is 76.0 Å². The minimum atomic E-state index is -2.06. The van der Waals surface area contributed by atoms with Gasteiger partial charge in [0.15, 0.2) is 24.4 Å². The molecule has 3 aliphatic heterocycles. The number of fused-ring (bicyclic) bond motifs is 1. The van der Waals surface area contributed by atoms with E-state index < -0.39 is 133 Å². The number of carbonyl (C=O) groups is 1. The van der Waals surface area contributed by atoms with Gasteiger partial charge in [-0.25, -0.2) is 4.79 Å². The molecule has 0 spiro atoms. The smallest absolute Gasteiger partial charge is 0.331 e. The molecule has 0 bridgehead atoms. The Balaban J connectivity index is 1.32. The first-order chi connectivity index (χ1) is 29.5. The number of phenolic OH excluding ortho intramolecular Hbond substituents is 4. The summed E-state index contributed by atoms with van der Waals surface area (Å²) in [5.74, 6) is -3.65. The zero-order valence-electron chi connectivity index (χ0n) is 32.4. The molecule has 0 amide bonds. The Hall–Kier alpha value is -5.40. The van der Waals surface area contributed by atoms with Crippen LogP contribution in [0.1, 0.15) is 12.5 Å². The molecule has 7 rings (SSSR count). The normalized spacial score (nSPS) is 32.8. The van der Waals surface area contributed by atoms with E-state index in [0.717, 1.165) is 18.2 Å². The number of benzene rings is 3. The first-order valence-corrected chi connectivity index (χ1v) is 19.1. The van der Waals surface area contributed by atoms with Crippen LogP contribution in [-0.4, -0.2) is 161 Å². The van der Waals surface area contributed by atoms with Crippen LogP contribution in [0, 0.1) is 0 Å². The van der Waals surface area contributed by atoms with Crippen molar-refractivity contribution in [3.05, 3.63) is 82.5 Å². The average molecular weight is 873 g/mol. The van der Waals surface area contributed by atoms with Gasteiger partial charge in [-0.2, -0.15) is 0 Å². The van der Waals surface area contributed by atoms with Gasteiger partial charge in [0.25, 0.3) is 0 Å². The number of ether oxygens (including phenoxy) is 7. The van der Waals surface area contributed by atoms with Crippen LogP contribution < -0.4 is 10.2 Å². The lowest BCUT2D eigenvalue weighted by Gasteiger charge is -2.46. The van der Waals surface area contributed by atoms with Crippen molar-refractivity contribution >= 4 is 23.0 Å². The van der Waals surface area contributed by atoms with Crippen molar-refractivity contribution in [1.29, 1.82) is 0 Å². The molecule has 14 unspecified atom stereocenters. The van der Waals surface area contributed by atoms with Gasteiger partial charge >= 0.3 is 5.97 Å². The standard InChI is InChI=1S/C41H44O21/c1-16-28(48)32(52)34(54)39(57-16)56-15-25-30(50)36(61-40-33(53)29(49)23(46)14-55-40)38(60-26(47)11-4-17-2-7-19(42)8-3-17)41(59-25)62-37-31(51)27-22(45)12-21(44)13-24(27)58-35(37)18-5-9-20(43)10-6-18/h2-13,16,23,25,28-30,32-34,36,38-46,48-50,52-54H,14-15H2,1H3. The summed E-state index contributed by atoms with van der Waals surface area (Å²) in [4.78, 5) is 27.9. The number of esters is 1. The van der Waals surface area contributed by atoms with E-state index in [2.05, 4.69) is 0 Å². The quantitative estimate of drug-likeness (QED) is 0.0639. The van der Waals surface area contributed by atoms with Crippen molar-refractivity contribution in [3.63, 3.8) is 0 Å². The number of phenols is 4. The number of hydrogen-bond donors (Lipinski definition) is 11. The minimum absolute atomic E-state index is 0.0517. The molecule has 21 nitrogen and oxygen atoms in total. The summed E-state index contributed by atoms with van der Waals surface area (Å²) in [7, 11) is 0. The first kappa shape index (κ1) is 44.6. The van der Waals surface area contributed by atoms with Gasteiger partial charge in [-0.05, 0) is 55.0 Å². The third-order valence-electron chi connectivity index (χ3n) is 10.4. The van der Waals surface area contributed by atoms with Gasteiger partial charge < -0.3 is 93.7 Å². The zero-order valence-corrected chi connectivity index (χ0v) is 32.4. The highest BCUT2D eigenvalue weighted by atomic mass is 16.8. The molecule has 0 radical (unpaired) electrons. The molecule has 62 heavy (non-hydrogen) atoms. The molecule has 3 saturated heterocycles. The van der Waals surface area contributed by atoms with Gasteiger partial charge in [-0.1, -0.05) is 12.1 Å². The topological polar surface area (TPSA) is 334 Å². The fraction of sp³-hybridized carbons (Fsp3) is 0.415. The maximum absolute atomic E-state index is 14.4. The predicted octanol–water partition coefficient (Wildman–Crippen LogP) is -0.960. The number of carbonyl (C=O) groups excluding carboxylic acids is 1. The maximum Gasteiger partial charge on any atom is 0.331 e. The minimum Gasteiger partial charge on any atom is -0.508 e. The molecule has 11 N–H and O–H groups in total. The van der Waals surface area contributed by atoms with Crippen LogP contribution in [-0.2, 0) is 33.2 Å². The molecule has 3 fully saturated rings. The number of hydrogen-bond acceptors (Lipinski definition) is 21. The Kier molecular flexibility index (Phi) is 13.3. The molecule has 21 heteroatoms. The molecule has 334 valence electrons. The number of aromatic hydroxyl groups is 4. The summed E-state index contributed by atoms with van der Waals surface area (Å²) < 4.78 is 46.8. The average Bonchev–Trinajstić information content (AvgIpc) is 3.24. The summed E-state index contributed by atoms with van der Waals surface area (Å²) in [6, 6.07) is 12.7. The predicted molar refractivity (Wildman–Crippen MR) is 206 cm³/mol. The highest BCUT2D eigenvalue weighted by Crippen LogP contribution is 2.39. The van der Waals surface area contributed by atoms with Gasteiger partial charge in [-0.15, -0.1) is 0 Å². The van der Waals surface area contributed by atoms with Crippen LogP contribution >= 0.6 is 0 Å². The lowest BCUT2D eigenvalue weighted by Crippen LogP contribution is -2.65. The van der Waals surface area contributed by atoms with Crippen molar-refractivity contribution in [1.82, 2.24) is 0 Å². The highest BCUT2D eigenvalue weighted by Gasteiger charge is 2.53. The van der Waals surface area contributed by atoms with Crippen LogP contribution in [0.5, 0.6) is 28.7 Å². The van der Waals surface area contributed by atoms with Crippen LogP contribution in [0.25, 0.3) is 28.4 Å². The van der Waals surface area contributed by atoms with Gasteiger partial charge in [0.05, 0.1) is 19.3 Å². The maximum atomic E-state index is 14.4. The van der Waals surface area contributed by atoms with Crippen LogP contribution in [0.3, 0.4) is 0 Å². The van der Waals surface area contributed by atoms with E-state index in [1.54, 1.807) is 0 Å². The third-order valence-corrected chi connectivity index (χ3v) is 10.4. The molecule has 0 aliphatic carbocycles. The number of rotatable bonds is 11. The van der Waals surface area contributed by atoms with E-state index in [-0.39, 0.29) is 28.4 Å². The summed E-state index contributed by atoms with van der Waals surface area (Å²) in [5, 5.41) is 115. The molecule has 1 aromatic heterocycles. The second kappa shape index (κ2) is 18.5. The van der Waals surface area contributed by atoms with E-state index in [1.165, 1.54) is 61.5 Å². The Morgan fingerprint density at radius 2 is 1.40 bits per heavy atom. The van der Waals surface area contributed by atoms with Gasteiger partial charge in [0, 0.05) is 23.8 Å². The molecule has 0 saturated carbocycles. The Morgan fingerprint density at radius 3 is 2.10 bits per heavy atom. The SMILES string of the molecule is CC1OC(OCC2OC(Oc3c(-c4ccc(O)cc4)oc4cc(O)cc(O)c4c3=O)C(OC(=O)C=Cc3ccc(O)cc3)C(OC3OCC(O)C(O)C3O)C2O)C(O)C(O)C1O. The number of aliphatic hydroxyl groups excluding tert-OH is 7. The van der Waals surface area contributed by atoms with E-state index >= 15 is 0 Å². The fourth-order valence-corrected chi connectivity index (χ4v) is 7.02. The highest BCUT2D eigenvalue weighted by molar-refractivity contribution is 5.88. The van der Waals surface area contributed by atoms with E-state index in [0.29, 0.717) is 5.56 Å². The third kappa shape index (κ3) is 9.34. The molecular weight excluding hydrogens is 828 g/mol. The molecule has 4 heterocycles. The largest absolute Gasteiger partial charge is 0.508 e. The molecule has 3 aromatic carbocycles. The van der Waals surface area contributed by atoms with Crippen molar-refractivity contribution in [2.45, 2.75) is 92.9 Å². The molecular formula is C41H44O21. The van der Waals surface area contributed by atoms with Gasteiger partial charge in [0.2, 0.25) is 17.5 Å². The van der Waals surface area contributed by atoms with Gasteiger partial charge in [-0.3, -0.25) is 4.79 Å². The fourth-order valence-electron chi connectivity index (χ4n) is 7.02. The first-order valence-electron chi connectivity index (χ1n) is 19.1.